The molecule has 0 bridgehead atoms. The molecule has 2 heterocycles. The van der Waals surface area contributed by atoms with Crippen LogP contribution in [-0.4, -0.2) is 41.6 Å². The van der Waals surface area contributed by atoms with E-state index in [0.29, 0.717) is 5.82 Å². The number of pyridine rings is 1. The molecule has 3 rings (SSSR count). The minimum atomic E-state index is -3.78. The predicted molar refractivity (Wildman–Crippen MR) is 89.8 cm³/mol. The lowest BCUT2D eigenvalue weighted by Crippen LogP contribution is -2.30. The summed E-state index contributed by atoms with van der Waals surface area (Å²) in [4.78, 5) is 4.47. The predicted octanol–water partition coefficient (Wildman–Crippen LogP) is 1.51. The maximum Gasteiger partial charge on any atom is 0.302 e. The minimum Gasteiger partial charge on any atom is -0.253 e. The van der Waals surface area contributed by atoms with E-state index in [-0.39, 0.29) is 11.4 Å². The van der Waals surface area contributed by atoms with Crippen molar-refractivity contribution in [3.8, 4) is 11.9 Å². The van der Waals surface area contributed by atoms with E-state index in [2.05, 4.69) is 14.8 Å². The molecule has 9 heteroatoms. The topological polar surface area (TPSA) is 104 Å². The number of para-hydroxylation sites is 1. The highest BCUT2D eigenvalue weighted by Gasteiger charge is 2.21. The molecule has 3 aromatic rings. The van der Waals surface area contributed by atoms with Crippen molar-refractivity contribution in [3.05, 3.63) is 48.2 Å². The van der Waals surface area contributed by atoms with Crippen molar-refractivity contribution in [2.45, 2.75) is 0 Å². The third-order valence-electron chi connectivity index (χ3n) is 3.40. The number of anilines is 1. The third-order valence-corrected chi connectivity index (χ3v) is 4.81. The van der Waals surface area contributed by atoms with Crippen LogP contribution >= 0.6 is 0 Å². The van der Waals surface area contributed by atoms with Gasteiger partial charge in [-0.1, -0.05) is 18.2 Å². The Morgan fingerprint density at radius 3 is 2.67 bits per heavy atom. The van der Waals surface area contributed by atoms with Crippen LogP contribution in [0.5, 0.6) is 0 Å². The fourth-order valence-electron chi connectivity index (χ4n) is 2.09. The molecule has 0 spiro atoms. The van der Waals surface area contributed by atoms with Gasteiger partial charge in [-0.15, -0.1) is 0 Å². The number of benzene rings is 1. The van der Waals surface area contributed by atoms with Gasteiger partial charge in [0, 0.05) is 19.5 Å². The minimum absolute atomic E-state index is 0.0500. The highest BCUT2D eigenvalue weighted by Crippen LogP contribution is 2.22. The summed E-state index contributed by atoms with van der Waals surface area (Å²) in [6.45, 7) is 0. The van der Waals surface area contributed by atoms with Crippen LogP contribution in [0.3, 0.4) is 0 Å². The van der Waals surface area contributed by atoms with Crippen molar-refractivity contribution in [2.75, 3.05) is 18.8 Å². The van der Waals surface area contributed by atoms with Crippen LogP contribution in [0.15, 0.2) is 42.6 Å². The number of nitrogens with zero attached hydrogens (tertiary/aromatic N) is 5. The second-order valence-electron chi connectivity index (χ2n) is 5.18. The van der Waals surface area contributed by atoms with E-state index in [9.17, 15) is 13.7 Å². The molecule has 8 nitrogen and oxygen atoms in total. The Hall–Kier alpha value is -2.96. The normalized spacial score (nSPS) is 11.6. The smallest absolute Gasteiger partial charge is 0.253 e. The molecule has 0 aliphatic rings. The van der Waals surface area contributed by atoms with Gasteiger partial charge in [0.15, 0.2) is 11.6 Å². The molecule has 0 fully saturated rings. The molecule has 122 valence electrons. The van der Waals surface area contributed by atoms with E-state index in [0.717, 1.165) is 15.2 Å². The first-order chi connectivity index (χ1) is 11.4. The largest absolute Gasteiger partial charge is 0.302 e. The van der Waals surface area contributed by atoms with Gasteiger partial charge in [-0.3, -0.25) is 4.72 Å². The first-order valence-electron chi connectivity index (χ1n) is 6.97. The highest BCUT2D eigenvalue weighted by molar-refractivity contribution is 7.90. The summed E-state index contributed by atoms with van der Waals surface area (Å²) in [7, 11) is -0.999. The third kappa shape index (κ3) is 2.80. The van der Waals surface area contributed by atoms with E-state index >= 15 is 0 Å². The van der Waals surface area contributed by atoms with Crippen LogP contribution in [-0.2, 0) is 10.2 Å². The molecule has 0 aliphatic heterocycles. The Labute approximate surface area is 139 Å². The number of fused-ring (bicyclic) bond motifs is 1. The SMILES string of the molecule is CN(C)S(=O)(=O)Nc1c(C#N)cnn1-c1ccc2ccccc2n1. The molecule has 0 saturated heterocycles. The summed E-state index contributed by atoms with van der Waals surface area (Å²) in [5, 5.41) is 14.3. The number of hydrogen-bond donors (Lipinski definition) is 1. The number of hydrogen-bond acceptors (Lipinski definition) is 5. The molecular formula is C15H14N6O2S. The van der Waals surface area contributed by atoms with Gasteiger partial charge in [0.05, 0.1) is 11.7 Å². The Morgan fingerprint density at radius 1 is 1.21 bits per heavy atom. The molecular weight excluding hydrogens is 328 g/mol. The van der Waals surface area contributed by atoms with Crippen molar-refractivity contribution in [1.29, 1.82) is 5.26 Å². The van der Waals surface area contributed by atoms with E-state index in [4.69, 9.17) is 0 Å². The molecule has 0 aliphatic carbocycles. The number of nitriles is 1. The number of nitrogens with one attached hydrogen (secondary N) is 1. The van der Waals surface area contributed by atoms with Crippen molar-refractivity contribution >= 4 is 26.9 Å². The van der Waals surface area contributed by atoms with Crippen LogP contribution in [0.4, 0.5) is 5.82 Å². The van der Waals surface area contributed by atoms with Gasteiger partial charge in [0.2, 0.25) is 0 Å². The van der Waals surface area contributed by atoms with Gasteiger partial charge in [0.1, 0.15) is 11.6 Å². The Morgan fingerprint density at radius 2 is 1.96 bits per heavy atom. The quantitative estimate of drug-likeness (QED) is 0.774. The van der Waals surface area contributed by atoms with Gasteiger partial charge in [-0.25, -0.2) is 4.98 Å². The Bertz CT molecular complexity index is 1050. The average molecular weight is 342 g/mol. The standard InChI is InChI=1S/C15H14N6O2S/c1-20(2)24(22,23)19-15-12(9-16)10-17-21(15)14-8-7-11-5-3-4-6-13(11)18-14/h3-8,10,19H,1-2H3. The molecule has 1 N–H and O–H groups in total. The van der Waals surface area contributed by atoms with Crippen LogP contribution in [0.1, 0.15) is 5.56 Å². The lowest BCUT2D eigenvalue weighted by atomic mass is 10.2. The van der Waals surface area contributed by atoms with Crippen molar-refractivity contribution < 1.29 is 8.42 Å². The second kappa shape index (κ2) is 5.92. The van der Waals surface area contributed by atoms with E-state index < -0.39 is 10.2 Å². The second-order valence-corrected chi connectivity index (χ2v) is 7.07. The maximum atomic E-state index is 12.1. The summed E-state index contributed by atoms with van der Waals surface area (Å²) in [6.07, 6.45) is 1.30. The first kappa shape index (κ1) is 15.9. The fourth-order valence-corrected chi connectivity index (χ4v) is 2.71. The molecule has 0 unspecified atom stereocenters. The van der Waals surface area contributed by atoms with Crippen molar-refractivity contribution in [1.82, 2.24) is 19.1 Å². The summed E-state index contributed by atoms with van der Waals surface area (Å²) >= 11 is 0. The Kier molecular flexibility index (Phi) is 3.92. The van der Waals surface area contributed by atoms with Gasteiger partial charge in [-0.2, -0.15) is 27.8 Å². The number of aromatic nitrogens is 3. The summed E-state index contributed by atoms with van der Waals surface area (Å²) in [6, 6.07) is 13.0. The summed E-state index contributed by atoms with van der Waals surface area (Å²) in [5.41, 5.74) is 0.848. The average Bonchev–Trinajstić information content (AvgIpc) is 2.96. The first-order valence-corrected chi connectivity index (χ1v) is 8.41. The Balaban J connectivity index is 2.14. The molecule has 0 atom stereocenters. The molecule has 24 heavy (non-hydrogen) atoms. The highest BCUT2D eigenvalue weighted by atomic mass is 32.2. The molecule has 2 aromatic heterocycles. The van der Waals surface area contributed by atoms with Crippen LogP contribution < -0.4 is 4.72 Å². The van der Waals surface area contributed by atoms with Crippen LogP contribution in [0, 0.1) is 11.3 Å². The van der Waals surface area contributed by atoms with Gasteiger partial charge in [0.25, 0.3) is 0 Å². The van der Waals surface area contributed by atoms with Gasteiger partial charge < -0.3 is 0 Å². The van der Waals surface area contributed by atoms with E-state index in [1.807, 2.05) is 36.4 Å². The van der Waals surface area contributed by atoms with Crippen LogP contribution in [0.25, 0.3) is 16.7 Å². The molecule has 0 amide bonds. The summed E-state index contributed by atoms with van der Waals surface area (Å²) < 4.78 is 28.9. The lowest BCUT2D eigenvalue weighted by Gasteiger charge is -2.14. The molecule has 0 radical (unpaired) electrons. The van der Waals surface area contributed by atoms with Gasteiger partial charge in [-0.05, 0) is 18.2 Å². The summed E-state index contributed by atoms with van der Waals surface area (Å²) in [5.74, 6) is 0.459. The zero-order chi connectivity index (χ0) is 17.3. The molecule has 1 aromatic carbocycles. The van der Waals surface area contributed by atoms with Crippen molar-refractivity contribution in [3.63, 3.8) is 0 Å². The van der Waals surface area contributed by atoms with Crippen molar-refractivity contribution in [2.24, 2.45) is 0 Å². The van der Waals surface area contributed by atoms with Gasteiger partial charge >= 0.3 is 10.2 Å². The zero-order valence-corrected chi connectivity index (χ0v) is 13.8. The van der Waals surface area contributed by atoms with Crippen LogP contribution in [0.2, 0.25) is 0 Å². The lowest BCUT2D eigenvalue weighted by molar-refractivity contribution is 0.526. The molecule has 0 saturated carbocycles. The zero-order valence-electron chi connectivity index (χ0n) is 13.0. The maximum absolute atomic E-state index is 12.1. The number of rotatable bonds is 4. The van der Waals surface area contributed by atoms with E-state index in [1.54, 1.807) is 6.07 Å². The monoisotopic (exact) mass is 342 g/mol. The van der Waals surface area contributed by atoms with E-state index in [1.165, 1.54) is 25.0 Å². The fraction of sp³-hybridized carbons (Fsp3) is 0.133.